The molecule has 1 aliphatic carbocycles. The van der Waals surface area contributed by atoms with Gasteiger partial charge in [0.05, 0.1) is 12.5 Å². The number of hydrogen-bond donors (Lipinski definition) is 0. The Morgan fingerprint density at radius 3 is 2.77 bits per heavy atom. The fraction of sp³-hybridized carbons (Fsp3) is 0.333. The largest absolute Gasteiger partial charge is 0.493 e. The van der Waals surface area contributed by atoms with Crippen molar-refractivity contribution in [2.75, 3.05) is 7.11 Å². The number of ether oxygens (including phenoxy) is 2. The molecule has 0 bridgehead atoms. The molecule has 0 fully saturated rings. The van der Waals surface area contributed by atoms with Crippen LogP contribution in [0.25, 0.3) is 16.3 Å². The first-order valence-electron chi connectivity index (χ1n) is 8.97. The summed E-state index contributed by atoms with van der Waals surface area (Å²) in [4.78, 5) is 11.7. The lowest BCUT2D eigenvalue weighted by atomic mass is 9.97. The first-order valence-corrected chi connectivity index (χ1v) is 9.78. The molecule has 2 aromatic heterocycles. The van der Waals surface area contributed by atoms with Gasteiger partial charge in [-0.25, -0.2) is 4.98 Å². The highest BCUT2D eigenvalue weighted by Crippen LogP contribution is 2.42. The third kappa shape index (κ3) is 3.07. The first kappa shape index (κ1) is 17.0. The van der Waals surface area contributed by atoms with Crippen LogP contribution in [0.15, 0.2) is 24.3 Å². The summed E-state index contributed by atoms with van der Waals surface area (Å²) in [5.74, 6) is 2.75. The number of methoxy groups -OCH3 is 1. The van der Waals surface area contributed by atoms with Gasteiger partial charge in [0, 0.05) is 4.88 Å². The Morgan fingerprint density at radius 2 is 1.96 bits per heavy atom. The molecule has 0 amide bonds. The Morgan fingerprint density at radius 1 is 1.12 bits per heavy atom. The number of rotatable bonds is 4. The zero-order valence-electron chi connectivity index (χ0n) is 15.3. The minimum absolute atomic E-state index is 0.643. The molecule has 0 atom stereocenters. The van der Waals surface area contributed by atoms with Gasteiger partial charge in [-0.2, -0.15) is 4.98 Å². The Kier molecular flexibility index (Phi) is 4.64. The van der Waals surface area contributed by atoms with E-state index < -0.39 is 0 Å². The van der Waals surface area contributed by atoms with Gasteiger partial charge in [-0.3, -0.25) is 0 Å². The quantitative estimate of drug-likeness (QED) is 0.593. The lowest BCUT2D eigenvalue weighted by Crippen LogP contribution is -2.00. The average molecular weight is 366 g/mol. The minimum atomic E-state index is 0.643. The standard InChI is InChI=1S/C21H22N2O2S/c1-4-7-14-10-11-16(17(12-14)24-3)25-20-19-15-8-5-6-9-18(15)26-21(19)23-13(2)22-20/h4,7,10-12H,5-6,8-9H2,1-3H3/b7-4+. The summed E-state index contributed by atoms with van der Waals surface area (Å²) in [6.45, 7) is 3.91. The summed E-state index contributed by atoms with van der Waals surface area (Å²) in [5.41, 5.74) is 2.45. The van der Waals surface area contributed by atoms with Gasteiger partial charge in [0.2, 0.25) is 5.88 Å². The molecule has 0 unspecified atom stereocenters. The molecule has 5 heteroatoms. The van der Waals surface area contributed by atoms with E-state index in [-0.39, 0.29) is 0 Å². The molecule has 4 rings (SSSR count). The highest BCUT2D eigenvalue weighted by Gasteiger charge is 2.22. The number of aryl methyl sites for hydroxylation is 3. The van der Waals surface area contributed by atoms with Crippen molar-refractivity contribution in [3.8, 4) is 17.4 Å². The lowest BCUT2D eigenvalue weighted by molar-refractivity contribution is 0.375. The van der Waals surface area contributed by atoms with Gasteiger partial charge >= 0.3 is 0 Å². The normalized spacial score (nSPS) is 14.0. The maximum absolute atomic E-state index is 6.26. The number of allylic oxidation sites excluding steroid dienone is 1. The van der Waals surface area contributed by atoms with Crippen molar-refractivity contribution in [3.63, 3.8) is 0 Å². The van der Waals surface area contributed by atoms with E-state index in [4.69, 9.17) is 9.47 Å². The summed E-state index contributed by atoms with van der Waals surface area (Å²) in [7, 11) is 1.66. The number of aromatic nitrogens is 2. The van der Waals surface area contributed by atoms with Crippen molar-refractivity contribution in [2.24, 2.45) is 0 Å². The van der Waals surface area contributed by atoms with E-state index in [2.05, 4.69) is 9.97 Å². The van der Waals surface area contributed by atoms with Gasteiger partial charge in [-0.15, -0.1) is 11.3 Å². The molecule has 0 spiro atoms. The third-order valence-electron chi connectivity index (χ3n) is 4.65. The summed E-state index contributed by atoms with van der Waals surface area (Å²) in [6, 6.07) is 5.94. The van der Waals surface area contributed by atoms with Crippen LogP contribution in [0.5, 0.6) is 17.4 Å². The highest BCUT2D eigenvalue weighted by atomic mass is 32.1. The Balaban J connectivity index is 1.81. The fourth-order valence-electron chi connectivity index (χ4n) is 3.47. The topological polar surface area (TPSA) is 44.2 Å². The average Bonchev–Trinajstić information content (AvgIpc) is 3.01. The number of benzene rings is 1. The molecule has 3 aromatic rings. The molecule has 26 heavy (non-hydrogen) atoms. The Labute approximate surface area is 157 Å². The lowest BCUT2D eigenvalue weighted by Gasteiger charge is -2.14. The van der Waals surface area contributed by atoms with Crippen LogP contribution in [0.3, 0.4) is 0 Å². The molecule has 1 aromatic carbocycles. The third-order valence-corrected chi connectivity index (χ3v) is 5.83. The minimum Gasteiger partial charge on any atom is -0.493 e. The highest BCUT2D eigenvalue weighted by molar-refractivity contribution is 7.18. The van der Waals surface area contributed by atoms with E-state index in [1.165, 1.54) is 23.3 Å². The summed E-state index contributed by atoms with van der Waals surface area (Å²) >= 11 is 1.79. The predicted molar refractivity (Wildman–Crippen MR) is 107 cm³/mol. The molecule has 1 aliphatic rings. The van der Waals surface area contributed by atoms with Crippen LogP contribution in [0.1, 0.15) is 41.6 Å². The summed E-state index contributed by atoms with van der Waals surface area (Å²) < 4.78 is 11.8. The van der Waals surface area contributed by atoms with Gasteiger partial charge in [-0.05, 0) is 62.8 Å². The predicted octanol–water partition coefficient (Wildman–Crippen LogP) is 5.71. The maximum Gasteiger partial charge on any atom is 0.231 e. The van der Waals surface area contributed by atoms with Crippen molar-refractivity contribution in [1.82, 2.24) is 9.97 Å². The van der Waals surface area contributed by atoms with Crippen molar-refractivity contribution in [2.45, 2.75) is 39.5 Å². The molecule has 0 saturated carbocycles. The van der Waals surface area contributed by atoms with E-state index in [1.54, 1.807) is 18.4 Å². The zero-order valence-corrected chi connectivity index (χ0v) is 16.2. The molecule has 0 saturated heterocycles. The van der Waals surface area contributed by atoms with E-state index in [0.717, 1.165) is 34.4 Å². The SMILES string of the molecule is C/C=C/c1ccc(Oc2nc(C)nc3sc4c(c23)CCCC4)c(OC)c1. The van der Waals surface area contributed by atoms with Crippen LogP contribution < -0.4 is 9.47 Å². The van der Waals surface area contributed by atoms with E-state index in [1.807, 2.05) is 44.2 Å². The van der Waals surface area contributed by atoms with Crippen molar-refractivity contribution < 1.29 is 9.47 Å². The zero-order chi connectivity index (χ0) is 18.1. The molecule has 0 radical (unpaired) electrons. The van der Waals surface area contributed by atoms with Gasteiger partial charge in [-0.1, -0.05) is 18.2 Å². The van der Waals surface area contributed by atoms with Crippen LogP contribution in [0.2, 0.25) is 0 Å². The second-order valence-electron chi connectivity index (χ2n) is 6.48. The molecule has 2 heterocycles. The maximum atomic E-state index is 6.26. The Hall–Kier alpha value is -2.40. The molecular formula is C21H22N2O2S. The first-order chi connectivity index (χ1) is 12.7. The van der Waals surface area contributed by atoms with Crippen molar-refractivity contribution in [1.29, 1.82) is 0 Å². The summed E-state index contributed by atoms with van der Waals surface area (Å²) in [5, 5.41) is 1.08. The second-order valence-corrected chi connectivity index (χ2v) is 7.56. The van der Waals surface area contributed by atoms with Crippen LogP contribution in [-0.4, -0.2) is 17.1 Å². The molecule has 0 aliphatic heterocycles. The Bertz CT molecular complexity index is 991. The van der Waals surface area contributed by atoms with E-state index >= 15 is 0 Å². The van der Waals surface area contributed by atoms with Gasteiger partial charge in [0.25, 0.3) is 0 Å². The van der Waals surface area contributed by atoms with Crippen LogP contribution >= 0.6 is 11.3 Å². The number of thiophene rings is 1. The van der Waals surface area contributed by atoms with E-state index in [9.17, 15) is 0 Å². The molecule has 0 N–H and O–H groups in total. The van der Waals surface area contributed by atoms with Crippen LogP contribution in [-0.2, 0) is 12.8 Å². The van der Waals surface area contributed by atoms with Crippen molar-refractivity contribution >= 4 is 27.6 Å². The van der Waals surface area contributed by atoms with Crippen LogP contribution in [0, 0.1) is 6.92 Å². The smallest absolute Gasteiger partial charge is 0.231 e. The van der Waals surface area contributed by atoms with Gasteiger partial charge < -0.3 is 9.47 Å². The number of fused-ring (bicyclic) bond motifs is 3. The molecule has 4 nitrogen and oxygen atoms in total. The fourth-order valence-corrected chi connectivity index (χ4v) is 4.77. The van der Waals surface area contributed by atoms with E-state index in [0.29, 0.717) is 17.4 Å². The second kappa shape index (κ2) is 7.08. The van der Waals surface area contributed by atoms with Gasteiger partial charge in [0.1, 0.15) is 10.7 Å². The number of hydrogen-bond acceptors (Lipinski definition) is 5. The molecule has 134 valence electrons. The van der Waals surface area contributed by atoms with Crippen LogP contribution in [0.4, 0.5) is 0 Å². The van der Waals surface area contributed by atoms with Gasteiger partial charge in [0.15, 0.2) is 11.5 Å². The number of nitrogens with zero attached hydrogens (tertiary/aromatic N) is 2. The summed E-state index contributed by atoms with van der Waals surface area (Å²) in [6.07, 6.45) is 8.72. The molecular weight excluding hydrogens is 344 g/mol. The van der Waals surface area contributed by atoms with Crippen molar-refractivity contribution in [3.05, 3.63) is 46.1 Å². The monoisotopic (exact) mass is 366 g/mol.